The topological polar surface area (TPSA) is 70.6 Å². The minimum atomic E-state index is -3.01. The minimum absolute atomic E-state index is 0.0545. The fourth-order valence-corrected chi connectivity index (χ4v) is 5.68. The molecule has 0 aliphatic carbocycles. The molecule has 3 heterocycles. The normalized spacial score (nSPS) is 25.8. The third-order valence-corrected chi connectivity index (χ3v) is 7.22. The molecule has 1 amide bonds. The number of carbonyl (C=O) groups excluding carboxylic acids is 1. The maximum Gasteiger partial charge on any atom is 0.272 e. The van der Waals surface area contributed by atoms with Gasteiger partial charge in [0.25, 0.3) is 5.91 Å². The molecule has 3 rings (SSSR count). The van der Waals surface area contributed by atoms with Crippen LogP contribution in [0.5, 0.6) is 0 Å². The molecular weight excluding hydrogens is 338 g/mol. The van der Waals surface area contributed by atoms with E-state index in [0.717, 1.165) is 18.7 Å². The zero-order chi connectivity index (χ0) is 18.0. The standard InChI is InChI=1S/C18H27N3O3S/c1-3-14-6-4-5-10-21(14)15-7-9-19-17(12-15)18(22)20(2)16-8-11-25(23,24)13-16/h7,9,12,14,16H,3-6,8,10-11,13H2,1-2H3. The van der Waals surface area contributed by atoms with E-state index in [-0.39, 0.29) is 23.5 Å². The van der Waals surface area contributed by atoms with Gasteiger partial charge in [-0.2, -0.15) is 0 Å². The lowest BCUT2D eigenvalue weighted by atomic mass is 9.99. The zero-order valence-corrected chi connectivity index (χ0v) is 15.8. The molecule has 25 heavy (non-hydrogen) atoms. The van der Waals surface area contributed by atoms with Crippen molar-refractivity contribution in [2.75, 3.05) is 30.0 Å². The van der Waals surface area contributed by atoms with E-state index >= 15 is 0 Å². The summed E-state index contributed by atoms with van der Waals surface area (Å²) in [6, 6.07) is 4.08. The summed E-state index contributed by atoms with van der Waals surface area (Å²) < 4.78 is 23.3. The number of amides is 1. The Morgan fingerprint density at radius 1 is 1.36 bits per heavy atom. The van der Waals surface area contributed by atoms with Crippen LogP contribution < -0.4 is 4.90 Å². The lowest BCUT2D eigenvalue weighted by Crippen LogP contribution is -2.40. The second-order valence-corrected chi connectivity index (χ2v) is 9.35. The van der Waals surface area contributed by atoms with E-state index in [9.17, 15) is 13.2 Å². The Morgan fingerprint density at radius 3 is 2.84 bits per heavy atom. The fraction of sp³-hybridized carbons (Fsp3) is 0.667. The molecule has 7 heteroatoms. The van der Waals surface area contributed by atoms with Gasteiger partial charge in [0.15, 0.2) is 9.84 Å². The van der Waals surface area contributed by atoms with Crippen molar-refractivity contribution in [1.82, 2.24) is 9.88 Å². The highest BCUT2D eigenvalue weighted by molar-refractivity contribution is 7.91. The minimum Gasteiger partial charge on any atom is -0.368 e. The van der Waals surface area contributed by atoms with Gasteiger partial charge in [-0.05, 0) is 44.2 Å². The van der Waals surface area contributed by atoms with Crippen molar-refractivity contribution in [1.29, 1.82) is 0 Å². The van der Waals surface area contributed by atoms with E-state index in [0.29, 0.717) is 18.2 Å². The van der Waals surface area contributed by atoms with Crippen molar-refractivity contribution < 1.29 is 13.2 Å². The number of sulfone groups is 1. The second kappa shape index (κ2) is 7.32. The third-order valence-electron chi connectivity index (χ3n) is 5.47. The fourth-order valence-electron chi connectivity index (χ4n) is 3.91. The Kier molecular flexibility index (Phi) is 5.32. The molecule has 6 nitrogen and oxygen atoms in total. The van der Waals surface area contributed by atoms with Gasteiger partial charge in [-0.25, -0.2) is 8.42 Å². The van der Waals surface area contributed by atoms with Crippen molar-refractivity contribution in [3.63, 3.8) is 0 Å². The first-order valence-corrected chi connectivity index (χ1v) is 10.9. The number of hydrogen-bond acceptors (Lipinski definition) is 5. The molecule has 0 saturated carbocycles. The van der Waals surface area contributed by atoms with Crippen LogP contribution in [0.2, 0.25) is 0 Å². The van der Waals surface area contributed by atoms with Gasteiger partial charge in [0.2, 0.25) is 0 Å². The molecule has 1 aromatic heterocycles. The summed E-state index contributed by atoms with van der Waals surface area (Å²) in [5, 5.41) is 0. The van der Waals surface area contributed by atoms with E-state index in [1.165, 1.54) is 19.3 Å². The summed E-state index contributed by atoms with van der Waals surface area (Å²) in [6.45, 7) is 3.21. The second-order valence-electron chi connectivity index (χ2n) is 7.12. The zero-order valence-electron chi connectivity index (χ0n) is 15.0. The van der Waals surface area contributed by atoms with Crippen LogP contribution in [0, 0.1) is 0 Å². The first-order valence-electron chi connectivity index (χ1n) is 9.11. The van der Waals surface area contributed by atoms with Crippen LogP contribution >= 0.6 is 0 Å². The van der Waals surface area contributed by atoms with Crippen LogP contribution in [-0.2, 0) is 9.84 Å². The first-order chi connectivity index (χ1) is 11.9. The maximum absolute atomic E-state index is 12.8. The SMILES string of the molecule is CCC1CCCCN1c1ccnc(C(=O)N(C)C2CCS(=O)(=O)C2)c1. The summed E-state index contributed by atoms with van der Waals surface area (Å²) in [4.78, 5) is 20.9. The molecule has 0 N–H and O–H groups in total. The molecule has 2 aliphatic rings. The van der Waals surface area contributed by atoms with Gasteiger partial charge in [-0.1, -0.05) is 6.92 Å². The van der Waals surface area contributed by atoms with Crippen LogP contribution in [0.15, 0.2) is 18.3 Å². The van der Waals surface area contributed by atoms with Crippen molar-refractivity contribution >= 4 is 21.4 Å². The molecule has 2 unspecified atom stereocenters. The monoisotopic (exact) mass is 365 g/mol. The van der Waals surface area contributed by atoms with Gasteiger partial charge in [0.05, 0.1) is 11.5 Å². The number of hydrogen-bond donors (Lipinski definition) is 0. The van der Waals surface area contributed by atoms with Crippen LogP contribution in [0.1, 0.15) is 49.5 Å². The molecular formula is C18H27N3O3S. The highest BCUT2D eigenvalue weighted by Crippen LogP contribution is 2.27. The Hall–Kier alpha value is -1.63. The van der Waals surface area contributed by atoms with Crippen molar-refractivity contribution in [3.05, 3.63) is 24.0 Å². The van der Waals surface area contributed by atoms with Gasteiger partial charge in [-0.15, -0.1) is 0 Å². The number of carbonyl (C=O) groups is 1. The van der Waals surface area contributed by atoms with Crippen molar-refractivity contribution in [2.45, 2.75) is 51.1 Å². The Morgan fingerprint density at radius 2 is 2.16 bits per heavy atom. The quantitative estimate of drug-likeness (QED) is 0.817. The van der Waals surface area contributed by atoms with Crippen LogP contribution in [0.3, 0.4) is 0 Å². The first kappa shape index (κ1) is 18.2. The summed E-state index contributed by atoms with van der Waals surface area (Å²) in [7, 11) is -1.34. The lowest BCUT2D eigenvalue weighted by molar-refractivity contribution is 0.0742. The third kappa shape index (κ3) is 3.97. The Balaban J connectivity index is 1.77. The predicted octanol–water partition coefficient (Wildman–Crippen LogP) is 2.11. The Labute approximate surface area is 150 Å². The average molecular weight is 365 g/mol. The molecule has 2 fully saturated rings. The molecule has 2 aliphatic heterocycles. The smallest absolute Gasteiger partial charge is 0.272 e. The Bertz CT molecular complexity index is 735. The van der Waals surface area contributed by atoms with E-state index in [2.05, 4.69) is 16.8 Å². The van der Waals surface area contributed by atoms with E-state index in [4.69, 9.17) is 0 Å². The maximum atomic E-state index is 12.8. The predicted molar refractivity (Wildman–Crippen MR) is 98.7 cm³/mol. The molecule has 0 spiro atoms. The molecule has 0 bridgehead atoms. The number of pyridine rings is 1. The van der Waals surface area contributed by atoms with Crippen molar-refractivity contribution in [3.8, 4) is 0 Å². The lowest BCUT2D eigenvalue weighted by Gasteiger charge is -2.37. The molecule has 0 radical (unpaired) electrons. The highest BCUT2D eigenvalue weighted by Gasteiger charge is 2.33. The van der Waals surface area contributed by atoms with Gasteiger partial charge in [0.1, 0.15) is 5.69 Å². The molecule has 138 valence electrons. The number of nitrogens with zero attached hydrogens (tertiary/aromatic N) is 3. The molecule has 0 aromatic carbocycles. The van der Waals surface area contributed by atoms with Gasteiger partial charge < -0.3 is 9.80 Å². The van der Waals surface area contributed by atoms with Gasteiger partial charge >= 0.3 is 0 Å². The van der Waals surface area contributed by atoms with Gasteiger partial charge in [-0.3, -0.25) is 9.78 Å². The molecule has 1 aromatic rings. The average Bonchev–Trinajstić information content (AvgIpc) is 3.00. The number of anilines is 1. The number of rotatable bonds is 4. The van der Waals surface area contributed by atoms with Crippen molar-refractivity contribution in [2.24, 2.45) is 0 Å². The van der Waals surface area contributed by atoms with E-state index < -0.39 is 9.84 Å². The van der Waals surface area contributed by atoms with Crippen LogP contribution in [0.4, 0.5) is 5.69 Å². The molecule has 2 saturated heterocycles. The number of piperidine rings is 1. The van der Waals surface area contributed by atoms with Crippen LogP contribution in [-0.4, -0.2) is 61.4 Å². The van der Waals surface area contributed by atoms with E-state index in [1.807, 2.05) is 12.1 Å². The molecule has 2 atom stereocenters. The van der Waals surface area contributed by atoms with E-state index in [1.54, 1.807) is 18.1 Å². The summed E-state index contributed by atoms with van der Waals surface area (Å²) in [6.07, 6.45) is 6.89. The summed E-state index contributed by atoms with van der Waals surface area (Å²) in [5.41, 5.74) is 1.43. The van der Waals surface area contributed by atoms with Gasteiger partial charge in [0, 0.05) is 37.6 Å². The highest BCUT2D eigenvalue weighted by atomic mass is 32.2. The van der Waals surface area contributed by atoms with Crippen LogP contribution in [0.25, 0.3) is 0 Å². The largest absolute Gasteiger partial charge is 0.368 e. The summed E-state index contributed by atoms with van der Waals surface area (Å²) >= 11 is 0. The number of aromatic nitrogens is 1. The summed E-state index contributed by atoms with van der Waals surface area (Å²) in [5.74, 6) is 0.0160.